The third-order valence-electron chi connectivity index (χ3n) is 4.90. The fraction of sp³-hybridized carbons (Fsp3) is 0.348. The first-order valence-electron chi connectivity index (χ1n) is 9.99. The van der Waals surface area contributed by atoms with Gasteiger partial charge in [-0.2, -0.15) is 0 Å². The minimum absolute atomic E-state index is 0.0448. The van der Waals surface area contributed by atoms with E-state index >= 15 is 0 Å². The second-order valence-electron chi connectivity index (χ2n) is 7.71. The molecule has 2 aromatic rings. The second kappa shape index (κ2) is 9.43. The van der Waals surface area contributed by atoms with Gasteiger partial charge in [-0.3, -0.25) is 15.0 Å². The zero-order chi connectivity index (χ0) is 21.7. The molecule has 0 aliphatic carbocycles. The highest BCUT2D eigenvalue weighted by molar-refractivity contribution is 5.95. The summed E-state index contributed by atoms with van der Waals surface area (Å²) in [6, 6.07) is 15.0. The number of esters is 1. The molecule has 1 aliphatic rings. The Hall–Kier alpha value is -3.35. The van der Waals surface area contributed by atoms with Crippen LogP contribution in [0.5, 0.6) is 5.75 Å². The molecule has 0 radical (unpaired) electrons. The van der Waals surface area contributed by atoms with Crippen LogP contribution in [0.4, 0.5) is 0 Å². The lowest BCUT2D eigenvalue weighted by Gasteiger charge is -2.13. The Morgan fingerprint density at radius 2 is 1.73 bits per heavy atom. The summed E-state index contributed by atoms with van der Waals surface area (Å²) in [4.78, 5) is 23.9. The van der Waals surface area contributed by atoms with Crippen molar-refractivity contribution >= 4 is 17.7 Å². The summed E-state index contributed by atoms with van der Waals surface area (Å²) in [7, 11) is 0. The van der Waals surface area contributed by atoms with Gasteiger partial charge in [-0.05, 0) is 43.5 Å². The van der Waals surface area contributed by atoms with Gasteiger partial charge in [-0.15, -0.1) is 0 Å². The number of nitrogen functional groups attached to an aromatic ring is 1. The third kappa shape index (κ3) is 5.59. The molecular formula is C23H27N3O4. The predicted molar refractivity (Wildman–Crippen MR) is 114 cm³/mol. The van der Waals surface area contributed by atoms with E-state index < -0.39 is 0 Å². The van der Waals surface area contributed by atoms with Crippen LogP contribution in [-0.2, 0) is 14.3 Å². The summed E-state index contributed by atoms with van der Waals surface area (Å²) < 4.78 is 10.9. The van der Waals surface area contributed by atoms with E-state index in [1.54, 1.807) is 13.8 Å². The van der Waals surface area contributed by atoms with Crippen LogP contribution >= 0.6 is 0 Å². The number of benzene rings is 2. The normalized spacial score (nSPS) is 18.2. The number of hydrogen-bond donors (Lipinski definition) is 3. The van der Waals surface area contributed by atoms with Gasteiger partial charge in [0.2, 0.25) is 5.91 Å². The third-order valence-corrected chi connectivity index (χ3v) is 4.90. The Labute approximate surface area is 176 Å². The number of carbonyl (C=O) groups is 2. The van der Waals surface area contributed by atoms with Crippen molar-refractivity contribution in [3.05, 3.63) is 54.1 Å². The summed E-state index contributed by atoms with van der Waals surface area (Å²) in [5.41, 5.74) is 8.22. The lowest BCUT2D eigenvalue weighted by molar-refractivity contribution is -0.149. The van der Waals surface area contributed by atoms with Gasteiger partial charge in [0, 0.05) is 5.56 Å². The number of rotatable bonds is 8. The van der Waals surface area contributed by atoms with Gasteiger partial charge in [0.1, 0.15) is 18.2 Å². The summed E-state index contributed by atoms with van der Waals surface area (Å²) in [6.07, 6.45) is 0.459. The van der Waals surface area contributed by atoms with Crippen molar-refractivity contribution in [1.29, 1.82) is 5.41 Å². The Kier molecular flexibility index (Phi) is 6.72. The molecule has 2 atom stereocenters. The van der Waals surface area contributed by atoms with Crippen LogP contribution in [0.15, 0.2) is 48.5 Å². The van der Waals surface area contributed by atoms with Crippen molar-refractivity contribution in [1.82, 2.24) is 5.32 Å². The topological polar surface area (TPSA) is 114 Å². The predicted octanol–water partition coefficient (Wildman–Crippen LogP) is 2.86. The van der Waals surface area contributed by atoms with Gasteiger partial charge < -0.3 is 20.5 Å². The molecule has 158 valence electrons. The standard InChI is InChI=1S/C23H27N3O4/c1-14(2)30-21(27)12-18-11-19(26-23(18)28)13-29-20-9-7-16(8-10-20)15-3-5-17(6-4-15)22(24)25/h3-10,14,18-19H,11-13H2,1-2H3,(H3,24,25)(H,26,28)/t18-,19-/m0/s1. The summed E-state index contributed by atoms with van der Waals surface area (Å²) in [5.74, 6) is -0.100. The summed E-state index contributed by atoms with van der Waals surface area (Å²) in [6.45, 7) is 3.92. The molecule has 0 spiro atoms. The van der Waals surface area contributed by atoms with Crippen molar-refractivity contribution in [2.75, 3.05) is 6.61 Å². The molecule has 1 amide bonds. The maximum Gasteiger partial charge on any atom is 0.306 e. The van der Waals surface area contributed by atoms with E-state index in [0.29, 0.717) is 24.3 Å². The molecule has 7 heteroatoms. The number of hydrogen-bond acceptors (Lipinski definition) is 5. The van der Waals surface area contributed by atoms with Crippen molar-refractivity contribution in [3.63, 3.8) is 0 Å². The van der Waals surface area contributed by atoms with Crippen molar-refractivity contribution < 1.29 is 19.1 Å². The molecule has 3 rings (SSSR count). The van der Waals surface area contributed by atoms with Gasteiger partial charge >= 0.3 is 5.97 Å². The molecule has 7 nitrogen and oxygen atoms in total. The van der Waals surface area contributed by atoms with E-state index in [1.165, 1.54) is 0 Å². The fourth-order valence-corrected chi connectivity index (χ4v) is 3.41. The van der Waals surface area contributed by atoms with Crippen molar-refractivity contribution in [2.24, 2.45) is 11.7 Å². The number of amidine groups is 1. The van der Waals surface area contributed by atoms with Crippen LogP contribution in [0.2, 0.25) is 0 Å². The van der Waals surface area contributed by atoms with E-state index in [0.717, 1.165) is 11.1 Å². The Balaban J connectivity index is 1.51. The first kappa shape index (κ1) is 21.4. The molecule has 0 bridgehead atoms. The molecule has 2 aromatic carbocycles. The molecule has 1 heterocycles. The second-order valence-corrected chi connectivity index (χ2v) is 7.71. The van der Waals surface area contributed by atoms with Crippen LogP contribution in [0.1, 0.15) is 32.3 Å². The van der Waals surface area contributed by atoms with Gasteiger partial charge in [-0.1, -0.05) is 36.4 Å². The van der Waals surface area contributed by atoms with Gasteiger partial charge in [0.15, 0.2) is 0 Å². The lowest BCUT2D eigenvalue weighted by Crippen LogP contribution is -2.31. The number of nitrogens with two attached hydrogens (primary N) is 1. The zero-order valence-electron chi connectivity index (χ0n) is 17.2. The first-order chi connectivity index (χ1) is 14.3. The molecule has 0 saturated carbocycles. The number of nitrogens with one attached hydrogen (secondary N) is 2. The van der Waals surface area contributed by atoms with E-state index in [-0.39, 0.29) is 42.2 Å². The average molecular weight is 409 g/mol. The first-order valence-corrected chi connectivity index (χ1v) is 9.99. The smallest absolute Gasteiger partial charge is 0.306 e. The summed E-state index contributed by atoms with van der Waals surface area (Å²) in [5, 5.41) is 10.3. The van der Waals surface area contributed by atoms with Crippen LogP contribution < -0.4 is 15.8 Å². The van der Waals surface area contributed by atoms with Crippen LogP contribution in [0, 0.1) is 11.3 Å². The van der Waals surface area contributed by atoms with E-state index in [1.807, 2.05) is 48.5 Å². The van der Waals surface area contributed by atoms with Gasteiger partial charge in [0.25, 0.3) is 0 Å². The molecule has 0 aromatic heterocycles. The summed E-state index contributed by atoms with van der Waals surface area (Å²) >= 11 is 0. The highest BCUT2D eigenvalue weighted by Gasteiger charge is 2.34. The Morgan fingerprint density at radius 1 is 1.13 bits per heavy atom. The Bertz CT molecular complexity index is 907. The maximum atomic E-state index is 12.1. The number of ether oxygens (including phenoxy) is 2. The zero-order valence-corrected chi connectivity index (χ0v) is 17.2. The van der Waals surface area contributed by atoms with Crippen LogP contribution in [-0.4, -0.2) is 36.5 Å². The number of amides is 1. The van der Waals surface area contributed by atoms with E-state index in [2.05, 4.69) is 5.32 Å². The molecule has 0 unspecified atom stereocenters. The monoisotopic (exact) mass is 409 g/mol. The average Bonchev–Trinajstić information content (AvgIpc) is 3.05. The van der Waals surface area contributed by atoms with Gasteiger partial charge in [0.05, 0.1) is 24.5 Å². The minimum atomic E-state index is -0.370. The molecular weight excluding hydrogens is 382 g/mol. The quantitative estimate of drug-likeness (QED) is 0.352. The maximum absolute atomic E-state index is 12.1. The van der Waals surface area contributed by atoms with Crippen molar-refractivity contribution in [3.8, 4) is 16.9 Å². The van der Waals surface area contributed by atoms with E-state index in [9.17, 15) is 9.59 Å². The van der Waals surface area contributed by atoms with Gasteiger partial charge in [-0.25, -0.2) is 0 Å². The van der Waals surface area contributed by atoms with Crippen LogP contribution in [0.25, 0.3) is 11.1 Å². The number of carbonyl (C=O) groups excluding carboxylic acids is 2. The Morgan fingerprint density at radius 3 is 2.30 bits per heavy atom. The fourth-order valence-electron chi connectivity index (χ4n) is 3.41. The van der Waals surface area contributed by atoms with Crippen molar-refractivity contribution in [2.45, 2.75) is 38.8 Å². The minimum Gasteiger partial charge on any atom is -0.491 e. The molecule has 4 N–H and O–H groups in total. The molecule has 30 heavy (non-hydrogen) atoms. The molecule has 1 saturated heterocycles. The SMILES string of the molecule is CC(C)OC(=O)C[C@@H]1C[C@@H](COc2ccc(-c3ccc(C(=N)N)cc3)cc2)NC1=O. The largest absolute Gasteiger partial charge is 0.491 e. The highest BCUT2D eigenvalue weighted by atomic mass is 16.5. The molecule has 1 aliphatic heterocycles. The highest BCUT2D eigenvalue weighted by Crippen LogP contribution is 2.24. The lowest BCUT2D eigenvalue weighted by atomic mass is 10.0. The van der Waals surface area contributed by atoms with E-state index in [4.69, 9.17) is 20.6 Å². The van der Waals surface area contributed by atoms with Crippen LogP contribution in [0.3, 0.4) is 0 Å². The molecule has 1 fully saturated rings.